The number of hydrogen-bond donors (Lipinski definition) is 2. The van der Waals surface area contributed by atoms with Gasteiger partial charge in [0, 0.05) is 22.8 Å². The maximum absolute atomic E-state index is 11.5. The Kier molecular flexibility index (Phi) is 5.08. The van der Waals surface area contributed by atoms with E-state index in [9.17, 15) is 4.79 Å². The summed E-state index contributed by atoms with van der Waals surface area (Å²) in [5.41, 5.74) is 3.16. The molecule has 1 amide bonds. The van der Waals surface area contributed by atoms with Crippen LogP contribution in [0.15, 0.2) is 43.0 Å². The molecule has 0 aliphatic heterocycles. The lowest BCUT2D eigenvalue weighted by Gasteiger charge is -2.09. The highest BCUT2D eigenvalue weighted by Gasteiger charge is 2.04. The number of ether oxygens (including phenoxy) is 1. The predicted molar refractivity (Wildman–Crippen MR) is 86.4 cm³/mol. The first-order valence-corrected chi connectivity index (χ1v) is 6.81. The fourth-order valence-corrected chi connectivity index (χ4v) is 1.87. The van der Waals surface area contributed by atoms with E-state index in [1.165, 1.54) is 6.08 Å². The normalized spacial score (nSPS) is 9.91. The minimum Gasteiger partial charge on any atom is -0.445 e. The number of carbonyl (C=O) groups is 1. The van der Waals surface area contributed by atoms with E-state index >= 15 is 0 Å². The molecule has 0 unspecified atom stereocenters. The second-order valence-electron chi connectivity index (χ2n) is 4.69. The van der Waals surface area contributed by atoms with E-state index in [1.807, 2.05) is 32.0 Å². The molecule has 2 aromatic rings. The van der Waals surface area contributed by atoms with Gasteiger partial charge in [0.25, 0.3) is 0 Å². The molecule has 114 valence electrons. The molecule has 0 bridgehead atoms. The van der Waals surface area contributed by atoms with Crippen LogP contribution >= 0.6 is 0 Å². The lowest BCUT2D eigenvalue weighted by atomic mass is 10.3. The van der Waals surface area contributed by atoms with Gasteiger partial charge < -0.3 is 10.1 Å². The largest absolute Gasteiger partial charge is 0.445 e. The molecule has 0 radical (unpaired) electrons. The fraction of sp³-hybridized carbons (Fsp3) is 0.188. The number of benzene rings is 1. The molecule has 2 N–H and O–H groups in total. The Morgan fingerprint density at radius 2 is 1.91 bits per heavy atom. The summed E-state index contributed by atoms with van der Waals surface area (Å²) in [4.78, 5) is 20.1. The second-order valence-corrected chi connectivity index (χ2v) is 4.69. The van der Waals surface area contributed by atoms with E-state index < -0.39 is 6.09 Å². The zero-order valence-corrected chi connectivity index (χ0v) is 12.6. The fourth-order valence-electron chi connectivity index (χ4n) is 1.87. The van der Waals surface area contributed by atoms with Crippen molar-refractivity contribution in [3.8, 4) is 0 Å². The standard InChI is InChI=1S/C16H18N4O2/c1-4-8-22-16(21)20-14-7-5-6-13(10-14)19-15-17-11(2)9-12(3)18-15/h4-7,9-10H,1,8H2,2-3H3,(H,20,21)(H,17,18,19). The minimum atomic E-state index is -0.528. The van der Waals surface area contributed by atoms with Crippen molar-refractivity contribution in [3.63, 3.8) is 0 Å². The Hall–Kier alpha value is -2.89. The van der Waals surface area contributed by atoms with Crippen molar-refractivity contribution in [2.75, 3.05) is 17.2 Å². The van der Waals surface area contributed by atoms with Crippen LogP contribution in [-0.4, -0.2) is 22.7 Å². The molecule has 6 nitrogen and oxygen atoms in total. The summed E-state index contributed by atoms with van der Waals surface area (Å²) in [7, 11) is 0. The van der Waals surface area contributed by atoms with Crippen LogP contribution in [0.1, 0.15) is 11.4 Å². The quantitative estimate of drug-likeness (QED) is 0.825. The second kappa shape index (κ2) is 7.21. The summed E-state index contributed by atoms with van der Waals surface area (Å²) in [6, 6.07) is 9.12. The van der Waals surface area contributed by atoms with Crippen molar-refractivity contribution in [3.05, 3.63) is 54.4 Å². The summed E-state index contributed by atoms with van der Waals surface area (Å²) >= 11 is 0. The zero-order chi connectivity index (χ0) is 15.9. The monoisotopic (exact) mass is 298 g/mol. The molecule has 0 aliphatic carbocycles. The molecule has 22 heavy (non-hydrogen) atoms. The summed E-state index contributed by atoms with van der Waals surface area (Å²) in [5.74, 6) is 0.517. The number of nitrogens with zero attached hydrogens (tertiary/aromatic N) is 2. The van der Waals surface area contributed by atoms with Gasteiger partial charge in [-0.05, 0) is 38.1 Å². The van der Waals surface area contributed by atoms with E-state index in [0.29, 0.717) is 11.6 Å². The van der Waals surface area contributed by atoms with Crippen LogP contribution in [0.5, 0.6) is 0 Å². The Labute approximate surface area is 129 Å². The Morgan fingerprint density at radius 3 is 2.59 bits per heavy atom. The van der Waals surface area contributed by atoms with Crippen molar-refractivity contribution >= 4 is 23.4 Å². The van der Waals surface area contributed by atoms with Gasteiger partial charge >= 0.3 is 6.09 Å². The molecular weight excluding hydrogens is 280 g/mol. The van der Waals surface area contributed by atoms with Crippen LogP contribution in [0, 0.1) is 13.8 Å². The number of hydrogen-bond acceptors (Lipinski definition) is 5. The van der Waals surface area contributed by atoms with E-state index in [0.717, 1.165) is 17.1 Å². The van der Waals surface area contributed by atoms with E-state index in [-0.39, 0.29) is 6.61 Å². The first kappa shape index (κ1) is 15.5. The highest BCUT2D eigenvalue weighted by atomic mass is 16.5. The molecule has 0 saturated heterocycles. The van der Waals surface area contributed by atoms with E-state index in [2.05, 4.69) is 27.2 Å². The van der Waals surface area contributed by atoms with Gasteiger partial charge in [-0.25, -0.2) is 14.8 Å². The summed E-state index contributed by atoms with van der Waals surface area (Å²) in [5, 5.41) is 5.75. The van der Waals surface area contributed by atoms with Gasteiger partial charge in [-0.1, -0.05) is 18.7 Å². The molecule has 1 aromatic carbocycles. The van der Waals surface area contributed by atoms with Crippen molar-refractivity contribution in [2.24, 2.45) is 0 Å². The van der Waals surface area contributed by atoms with Crippen LogP contribution in [0.2, 0.25) is 0 Å². The summed E-state index contributed by atoms with van der Waals surface area (Å²) in [6.45, 7) is 7.47. The topological polar surface area (TPSA) is 76.1 Å². The van der Waals surface area contributed by atoms with Gasteiger partial charge in [0.05, 0.1) is 0 Å². The van der Waals surface area contributed by atoms with E-state index in [4.69, 9.17) is 4.74 Å². The van der Waals surface area contributed by atoms with Crippen LogP contribution in [-0.2, 0) is 4.74 Å². The molecule has 0 saturated carbocycles. The molecule has 1 aromatic heterocycles. The number of amides is 1. The molecule has 0 aliphatic rings. The van der Waals surface area contributed by atoms with Gasteiger partial charge in [-0.3, -0.25) is 5.32 Å². The first-order chi connectivity index (χ1) is 10.6. The van der Waals surface area contributed by atoms with Crippen LogP contribution < -0.4 is 10.6 Å². The van der Waals surface area contributed by atoms with Crippen molar-refractivity contribution in [2.45, 2.75) is 13.8 Å². The maximum atomic E-state index is 11.5. The van der Waals surface area contributed by atoms with Crippen molar-refractivity contribution < 1.29 is 9.53 Å². The molecule has 1 heterocycles. The minimum absolute atomic E-state index is 0.167. The number of aromatic nitrogens is 2. The first-order valence-electron chi connectivity index (χ1n) is 6.81. The molecule has 0 fully saturated rings. The number of rotatable bonds is 5. The van der Waals surface area contributed by atoms with Gasteiger partial charge in [0.15, 0.2) is 0 Å². The Bertz CT molecular complexity index is 665. The smallest absolute Gasteiger partial charge is 0.411 e. The average Bonchev–Trinajstić information content (AvgIpc) is 2.44. The van der Waals surface area contributed by atoms with E-state index in [1.54, 1.807) is 12.1 Å². The van der Waals surface area contributed by atoms with Crippen LogP contribution in [0.4, 0.5) is 22.1 Å². The highest BCUT2D eigenvalue weighted by Crippen LogP contribution is 2.18. The molecule has 0 spiro atoms. The number of anilines is 3. The molecule has 6 heteroatoms. The third-order valence-corrected chi connectivity index (χ3v) is 2.68. The van der Waals surface area contributed by atoms with Gasteiger partial charge in [-0.2, -0.15) is 0 Å². The average molecular weight is 298 g/mol. The SMILES string of the molecule is C=CCOC(=O)Nc1cccc(Nc2nc(C)cc(C)n2)c1. The maximum Gasteiger partial charge on any atom is 0.411 e. The number of aryl methyl sites for hydroxylation is 2. The summed E-state index contributed by atoms with van der Waals surface area (Å²) < 4.78 is 4.87. The Morgan fingerprint density at radius 1 is 1.23 bits per heavy atom. The predicted octanol–water partition coefficient (Wildman–Crippen LogP) is 3.57. The van der Waals surface area contributed by atoms with Gasteiger partial charge in [-0.15, -0.1) is 0 Å². The third-order valence-electron chi connectivity index (χ3n) is 2.68. The lowest BCUT2D eigenvalue weighted by Crippen LogP contribution is -2.13. The molecular formula is C16H18N4O2. The van der Waals surface area contributed by atoms with Crippen molar-refractivity contribution in [1.29, 1.82) is 0 Å². The molecule has 2 rings (SSSR count). The van der Waals surface area contributed by atoms with Crippen LogP contribution in [0.25, 0.3) is 0 Å². The van der Waals surface area contributed by atoms with Crippen LogP contribution in [0.3, 0.4) is 0 Å². The van der Waals surface area contributed by atoms with Gasteiger partial charge in [0.1, 0.15) is 6.61 Å². The number of nitrogens with one attached hydrogen (secondary N) is 2. The third kappa shape index (κ3) is 4.59. The molecule has 0 atom stereocenters. The lowest BCUT2D eigenvalue weighted by molar-refractivity contribution is 0.174. The summed E-state index contributed by atoms with van der Waals surface area (Å²) in [6.07, 6.45) is 0.981. The Balaban J connectivity index is 2.07. The number of carbonyl (C=O) groups excluding carboxylic acids is 1. The van der Waals surface area contributed by atoms with Gasteiger partial charge in [0.2, 0.25) is 5.95 Å². The highest BCUT2D eigenvalue weighted by molar-refractivity contribution is 5.85. The zero-order valence-electron chi connectivity index (χ0n) is 12.6. The van der Waals surface area contributed by atoms with Crippen molar-refractivity contribution in [1.82, 2.24) is 9.97 Å².